The summed E-state index contributed by atoms with van der Waals surface area (Å²) in [6.45, 7) is 6.02. The summed E-state index contributed by atoms with van der Waals surface area (Å²) in [4.78, 5) is 0. The van der Waals surface area contributed by atoms with Crippen molar-refractivity contribution in [2.24, 2.45) is 0 Å². The van der Waals surface area contributed by atoms with E-state index in [9.17, 15) is 0 Å². The molecule has 0 fully saturated rings. The van der Waals surface area contributed by atoms with E-state index in [2.05, 4.69) is 26.6 Å². The molecule has 0 aliphatic rings. The highest BCUT2D eigenvalue weighted by atomic mass is 79.9. The average Bonchev–Trinajstić information content (AvgIpc) is 2.46. The first kappa shape index (κ1) is 18.2. The van der Waals surface area contributed by atoms with E-state index in [1.807, 2.05) is 19.1 Å². The van der Waals surface area contributed by atoms with E-state index in [0.717, 1.165) is 47.6 Å². The lowest BCUT2D eigenvalue weighted by atomic mass is 10.2. The quantitative estimate of drug-likeness (QED) is 0.526. The third kappa shape index (κ3) is 6.65. The molecule has 0 atom stereocenters. The molecule has 1 aromatic rings. The molecular weight excluding hydrogens is 336 g/mol. The molecule has 5 nitrogen and oxygen atoms in total. The molecule has 0 aromatic heterocycles. The second-order valence-electron chi connectivity index (χ2n) is 4.55. The van der Waals surface area contributed by atoms with Crippen LogP contribution < -0.4 is 20.1 Å². The minimum Gasteiger partial charge on any atom is -0.492 e. The summed E-state index contributed by atoms with van der Waals surface area (Å²) >= 11 is 3.51. The predicted molar refractivity (Wildman–Crippen MR) is 88.1 cm³/mol. The Bertz CT molecular complexity index is 416. The lowest BCUT2D eigenvalue weighted by Gasteiger charge is -2.13. The Morgan fingerprint density at radius 1 is 1.19 bits per heavy atom. The zero-order chi connectivity index (χ0) is 15.5. The van der Waals surface area contributed by atoms with Crippen LogP contribution in [0.2, 0.25) is 0 Å². The van der Waals surface area contributed by atoms with Crippen LogP contribution in [0.25, 0.3) is 0 Å². The molecule has 0 spiro atoms. The second-order valence-corrected chi connectivity index (χ2v) is 5.40. The van der Waals surface area contributed by atoms with Crippen LogP contribution in [0.1, 0.15) is 18.9 Å². The molecule has 0 amide bonds. The third-order valence-electron chi connectivity index (χ3n) is 2.90. The fourth-order valence-corrected chi connectivity index (χ4v) is 2.61. The molecule has 1 rings (SSSR count). The van der Waals surface area contributed by atoms with Gasteiger partial charge in [0.15, 0.2) is 11.5 Å². The Hall–Kier alpha value is -0.820. The normalized spacial score (nSPS) is 10.7. The number of methoxy groups -OCH3 is 1. The molecule has 3 N–H and O–H groups in total. The number of hydrogen-bond donors (Lipinski definition) is 3. The average molecular weight is 361 g/mol. The summed E-state index contributed by atoms with van der Waals surface area (Å²) in [5, 5.41) is 15.2. The van der Waals surface area contributed by atoms with Gasteiger partial charge in [-0.05, 0) is 60.1 Å². The van der Waals surface area contributed by atoms with Crippen molar-refractivity contribution in [1.29, 1.82) is 0 Å². The van der Waals surface area contributed by atoms with Gasteiger partial charge >= 0.3 is 0 Å². The molecule has 0 aliphatic heterocycles. The van der Waals surface area contributed by atoms with Crippen LogP contribution in [0, 0.1) is 0 Å². The molecule has 0 saturated heterocycles. The molecular formula is C15H25BrN2O3. The fraction of sp³-hybridized carbons (Fsp3) is 0.600. The van der Waals surface area contributed by atoms with Crippen LogP contribution in [0.15, 0.2) is 16.6 Å². The zero-order valence-corrected chi connectivity index (χ0v) is 14.3. The summed E-state index contributed by atoms with van der Waals surface area (Å²) in [6, 6.07) is 4.04. The molecule has 1 aromatic carbocycles. The predicted octanol–water partition coefficient (Wildman–Crippen LogP) is 1.92. The fourth-order valence-electron chi connectivity index (χ4n) is 1.96. The van der Waals surface area contributed by atoms with Gasteiger partial charge in [-0.2, -0.15) is 0 Å². The molecule has 0 heterocycles. The number of ether oxygens (including phenoxy) is 2. The maximum atomic E-state index is 8.65. The van der Waals surface area contributed by atoms with Crippen LogP contribution in [0.5, 0.6) is 11.5 Å². The molecule has 21 heavy (non-hydrogen) atoms. The van der Waals surface area contributed by atoms with Gasteiger partial charge in [0.25, 0.3) is 0 Å². The van der Waals surface area contributed by atoms with Gasteiger partial charge in [-0.15, -0.1) is 0 Å². The molecule has 0 aliphatic carbocycles. The van der Waals surface area contributed by atoms with Gasteiger partial charge < -0.3 is 25.2 Å². The van der Waals surface area contributed by atoms with E-state index in [1.54, 1.807) is 7.11 Å². The number of halogens is 1. The van der Waals surface area contributed by atoms with Crippen LogP contribution >= 0.6 is 15.9 Å². The zero-order valence-electron chi connectivity index (χ0n) is 12.7. The smallest absolute Gasteiger partial charge is 0.174 e. The molecule has 0 unspecified atom stereocenters. The number of benzene rings is 1. The molecule has 120 valence electrons. The van der Waals surface area contributed by atoms with Gasteiger partial charge in [0.2, 0.25) is 0 Å². The number of nitrogens with one attached hydrogen (secondary N) is 2. The van der Waals surface area contributed by atoms with Gasteiger partial charge in [0, 0.05) is 13.1 Å². The minimum absolute atomic E-state index is 0.188. The van der Waals surface area contributed by atoms with Crippen molar-refractivity contribution in [3.63, 3.8) is 0 Å². The highest BCUT2D eigenvalue weighted by molar-refractivity contribution is 9.10. The molecule has 0 saturated carbocycles. The largest absolute Gasteiger partial charge is 0.492 e. The van der Waals surface area contributed by atoms with Crippen molar-refractivity contribution in [2.45, 2.75) is 19.9 Å². The SMILES string of the molecule is CCOc1cc(CNCCCNCCO)cc(Br)c1OC. The highest BCUT2D eigenvalue weighted by Crippen LogP contribution is 2.36. The third-order valence-corrected chi connectivity index (χ3v) is 3.49. The van der Waals surface area contributed by atoms with Crippen LogP contribution in [-0.2, 0) is 6.54 Å². The van der Waals surface area contributed by atoms with Gasteiger partial charge in [-0.3, -0.25) is 0 Å². The van der Waals surface area contributed by atoms with Crippen molar-refractivity contribution in [1.82, 2.24) is 10.6 Å². The van der Waals surface area contributed by atoms with Gasteiger partial charge in [-0.25, -0.2) is 0 Å². The number of rotatable bonds is 11. The Morgan fingerprint density at radius 2 is 1.95 bits per heavy atom. The van der Waals surface area contributed by atoms with Crippen molar-refractivity contribution in [2.75, 3.05) is 40.0 Å². The summed E-state index contributed by atoms with van der Waals surface area (Å²) < 4.78 is 11.8. The standard InChI is InChI=1S/C15H25BrN2O3/c1-3-21-14-10-12(9-13(16)15(14)20-2)11-18-6-4-5-17-7-8-19/h9-10,17-19H,3-8,11H2,1-2H3. The second kappa shape index (κ2) is 10.8. The first-order valence-corrected chi connectivity index (χ1v) is 8.03. The van der Waals surface area contributed by atoms with E-state index in [4.69, 9.17) is 14.6 Å². The van der Waals surface area contributed by atoms with Crippen molar-refractivity contribution >= 4 is 15.9 Å². The Morgan fingerprint density at radius 3 is 2.62 bits per heavy atom. The maximum Gasteiger partial charge on any atom is 0.174 e. The van der Waals surface area contributed by atoms with Crippen LogP contribution in [0.4, 0.5) is 0 Å². The van der Waals surface area contributed by atoms with E-state index >= 15 is 0 Å². The first-order valence-electron chi connectivity index (χ1n) is 7.24. The number of hydrogen-bond acceptors (Lipinski definition) is 5. The lowest BCUT2D eigenvalue weighted by molar-refractivity contribution is 0.292. The van der Waals surface area contributed by atoms with Crippen molar-refractivity contribution in [3.8, 4) is 11.5 Å². The first-order chi connectivity index (χ1) is 10.2. The molecule has 0 radical (unpaired) electrons. The Labute approximate surface area is 135 Å². The summed E-state index contributed by atoms with van der Waals surface area (Å²) in [5.74, 6) is 1.49. The Kier molecular flexibility index (Phi) is 9.41. The number of aliphatic hydroxyl groups excluding tert-OH is 1. The Balaban J connectivity index is 2.44. The monoisotopic (exact) mass is 360 g/mol. The topological polar surface area (TPSA) is 62.8 Å². The maximum absolute atomic E-state index is 8.65. The summed E-state index contributed by atoms with van der Waals surface area (Å²) in [7, 11) is 1.64. The van der Waals surface area contributed by atoms with Crippen molar-refractivity contribution in [3.05, 3.63) is 22.2 Å². The molecule has 0 bridgehead atoms. The number of aliphatic hydroxyl groups is 1. The van der Waals surface area contributed by atoms with E-state index < -0.39 is 0 Å². The summed E-state index contributed by atoms with van der Waals surface area (Å²) in [5.41, 5.74) is 1.15. The van der Waals surface area contributed by atoms with Gasteiger partial charge in [0.1, 0.15) is 0 Å². The van der Waals surface area contributed by atoms with E-state index in [1.165, 1.54) is 0 Å². The van der Waals surface area contributed by atoms with Gasteiger partial charge in [0.05, 0.1) is 24.8 Å². The van der Waals surface area contributed by atoms with Crippen LogP contribution in [0.3, 0.4) is 0 Å². The van der Waals surface area contributed by atoms with Gasteiger partial charge in [-0.1, -0.05) is 0 Å². The van der Waals surface area contributed by atoms with Crippen molar-refractivity contribution < 1.29 is 14.6 Å². The van der Waals surface area contributed by atoms with E-state index in [0.29, 0.717) is 13.2 Å². The highest BCUT2D eigenvalue weighted by Gasteiger charge is 2.10. The summed E-state index contributed by atoms with van der Waals surface area (Å²) in [6.07, 6.45) is 1.02. The lowest BCUT2D eigenvalue weighted by Crippen LogP contribution is -2.23. The minimum atomic E-state index is 0.188. The van der Waals surface area contributed by atoms with E-state index in [-0.39, 0.29) is 6.61 Å². The molecule has 6 heteroatoms. The van der Waals surface area contributed by atoms with Crippen LogP contribution in [-0.4, -0.2) is 45.1 Å².